The van der Waals surface area contributed by atoms with E-state index in [0.717, 1.165) is 12.5 Å². The fourth-order valence-electron chi connectivity index (χ4n) is 6.66. The number of hydrogen-bond donors (Lipinski definition) is 13. The van der Waals surface area contributed by atoms with Gasteiger partial charge in [-0.3, -0.25) is 47.9 Å². The number of phenolic OH excluding ortho intramolecular Hbond substituents is 1. The van der Waals surface area contributed by atoms with E-state index in [0.29, 0.717) is 5.56 Å². The maximum Gasteiger partial charge on any atom is 0.325 e. The molecular weight excluding hydrogens is 889 g/mol. The summed E-state index contributed by atoms with van der Waals surface area (Å²) in [6.07, 6.45) is -3.29. The average Bonchev–Trinajstić information content (AvgIpc) is 3.24. The number of rotatable bonds is 28. The number of aliphatic hydroxyl groups excluding tert-OH is 1. The SMILES string of the molecule is CC(C)C[C@H](NC(=O)[C@H](CC(N)=O)NC(=O)[C@@H](N)Cc1ccccc1)C(=O)N[C@@H](Cc1ccc(O)cc1)C(=O)N[C@@H](CC(N)=O)C(=O)N[C@@H](CC(C)C)C(=O)N[C@H](C(=O)N[C@@H](C)C(=O)O)[C@@H](C)O. The molecule has 23 heteroatoms. The van der Waals surface area contributed by atoms with E-state index in [-0.39, 0.29) is 43.3 Å². The highest BCUT2D eigenvalue weighted by Gasteiger charge is 2.36. The highest BCUT2D eigenvalue weighted by molar-refractivity contribution is 5.99. The van der Waals surface area contributed by atoms with Crippen molar-refractivity contribution in [3.05, 3.63) is 65.7 Å². The minimum Gasteiger partial charge on any atom is -0.508 e. The first-order chi connectivity index (χ1) is 31.8. The zero-order valence-electron chi connectivity index (χ0n) is 38.9. The number of benzene rings is 2. The number of nitrogens with one attached hydrogen (secondary N) is 7. The number of phenols is 1. The predicted molar refractivity (Wildman–Crippen MR) is 245 cm³/mol. The van der Waals surface area contributed by atoms with Crippen LogP contribution in [0.2, 0.25) is 0 Å². The summed E-state index contributed by atoms with van der Waals surface area (Å²) < 4.78 is 0. The summed E-state index contributed by atoms with van der Waals surface area (Å²) in [5.74, 6) is -10.9. The van der Waals surface area contributed by atoms with Gasteiger partial charge in [0.1, 0.15) is 48.0 Å². The molecule has 0 aliphatic rings. The largest absolute Gasteiger partial charge is 0.508 e. The molecule has 0 unspecified atom stereocenters. The number of aliphatic hydroxyl groups is 1. The Morgan fingerprint density at radius 1 is 0.500 bits per heavy atom. The molecule has 0 saturated carbocycles. The maximum atomic E-state index is 14.2. The number of carbonyl (C=O) groups is 10. The smallest absolute Gasteiger partial charge is 0.325 e. The Bertz CT molecular complexity index is 2090. The van der Waals surface area contributed by atoms with Crippen molar-refractivity contribution in [2.24, 2.45) is 29.0 Å². The zero-order valence-corrected chi connectivity index (χ0v) is 38.9. The second kappa shape index (κ2) is 27.5. The minimum atomic E-state index is -1.77. The molecule has 2 aromatic carbocycles. The van der Waals surface area contributed by atoms with Crippen LogP contribution in [0, 0.1) is 11.8 Å². The zero-order chi connectivity index (χ0) is 51.4. The number of nitrogens with two attached hydrogens (primary N) is 3. The first kappa shape index (κ1) is 57.0. The van der Waals surface area contributed by atoms with Crippen LogP contribution in [-0.4, -0.2) is 129 Å². The molecule has 9 atom stereocenters. The fraction of sp³-hybridized carbons (Fsp3) is 0.511. The van der Waals surface area contributed by atoms with Gasteiger partial charge in [-0.25, -0.2) is 0 Å². The van der Waals surface area contributed by atoms with Crippen molar-refractivity contribution < 1.29 is 63.3 Å². The lowest BCUT2D eigenvalue weighted by molar-refractivity contribution is -0.142. The third kappa shape index (κ3) is 20.2. The first-order valence-electron chi connectivity index (χ1n) is 21.9. The Kier molecular flexibility index (Phi) is 23.0. The third-order valence-corrected chi connectivity index (χ3v) is 10.2. The van der Waals surface area contributed by atoms with Gasteiger partial charge in [-0.2, -0.15) is 0 Å². The first-order valence-corrected chi connectivity index (χ1v) is 21.9. The molecule has 0 aliphatic carbocycles. The van der Waals surface area contributed by atoms with Crippen molar-refractivity contribution in [3.8, 4) is 5.75 Å². The summed E-state index contributed by atoms with van der Waals surface area (Å²) in [6.45, 7) is 9.20. The quantitative estimate of drug-likeness (QED) is 0.0411. The molecule has 0 heterocycles. The normalized spacial score (nSPS) is 15.1. The van der Waals surface area contributed by atoms with Gasteiger partial charge in [-0.1, -0.05) is 70.2 Å². The molecule has 9 amide bonds. The van der Waals surface area contributed by atoms with Gasteiger partial charge in [0.25, 0.3) is 0 Å². The molecule has 0 spiro atoms. The number of hydrogen-bond acceptors (Lipinski definition) is 13. The lowest BCUT2D eigenvalue weighted by atomic mass is 9.99. The molecule has 68 heavy (non-hydrogen) atoms. The molecule has 0 aliphatic heterocycles. The number of aromatic hydroxyl groups is 1. The Labute approximate surface area is 393 Å². The van der Waals surface area contributed by atoms with Crippen LogP contribution in [0.5, 0.6) is 5.75 Å². The minimum absolute atomic E-state index is 0.0297. The number of carboxylic acid groups (broad SMARTS) is 1. The van der Waals surface area contributed by atoms with E-state index in [4.69, 9.17) is 17.2 Å². The van der Waals surface area contributed by atoms with Crippen LogP contribution in [-0.2, 0) is 60.8 Å². The summed E-state index contributed by atoms with van der Waals surface area (Å²) in [4.78, 5) is 131. The third-order valence-electron chi connectivity index (χ3n) is 10.2. The van der Waals surface area contributed by atoms with Crippen molar-refractivity contribution in [1.82, 2.24) is 37.2 Å². The van der Waals surface area contributed by atoms with E-state index >= 15 is 0 Å². The second-order valence-corrected chi connectivity index (χ2v) is 17.4. The van der Waals surface area contributed by atoms with E-state index < -0.39 is 126 Å². The van der Waals surface area contributed by atoms with E-state index in [9.17, 15) is 63.3 Å². The van der Waals surface area contributed by atoms with Crippen molar-refractivity contribution in [2.45, 2.75) is 135 Å². The van der Waals surface area contributed by atoms with Gasteiger partial charge in [0, 0.05) is 6.42 Å². The maximum absolute atomic E-state index is 14.2. The van der Waals surface area contributed by atoms with Gasteiger partial charge in [-0.15, -0.1) is 0 Å². The molecule has 0 saturated heterocycles. The highest BCUT2D eigenvalue weighted by atomic mass is 16.4. The summed E-state index contributed by atoms with van der Waals surface area (Å²) in [7, 11) is 0. The summed E-state index contributed by atoms with van der Waals surface area (Å²) in [6, 6.07) is 2.37. The summed E-state index contributed by atoms with van der Waals surface area (Å²) in [5.41, 5.74) is 18.1. The molecule has 0 bridgehead atoms. The molecule has 2 aromatic rings. The van der Waals surface area contributed by atoms with Crippen LogP contribution in [0.15, 0.2) is 54.6 Å². The molecule has 2 rings (SSSR count). The lowest BCUT2D eigenvalue weighted by Crippen LogP contribution is -2.61. The summed E-state index contributed by atoms with van der Waals surface area (Å²) >= 11 is 0. The lowest BCUT2D eigenvalue weighted by Gasteiger charge is -2.28. The number of carbonyl (C=O) groups excluding carboxylic acids is 9. The van der Waals surface area contributed by atoms with E-state index in [1.165, 1.54) is 31.2 Å². The van der Waals surface area contributed by atoms with Crippen LogP contribution >= 0.6 is 0 Å². The predicted octanol–water partition coefficient (Wildman–Crippen LogP) is -2.77. The van der Waals surface area contributed by atoms with Crippen LogP contribution < -0.4 is 54.4 Å². The van der Waals surface area contributed by atoms with Crippen LogP contribution in [0.3, 0.4) is 0 Å². The Morgan fingerprint density at radius 3 is 1.34 bits per heavy atom. The van der Waals surface area contributed by atoms with Crippen molar-refractivity contribution in [2.75, 3.05) is 0 Å². The van der Waals surface area contributed by atoms with E-state index in [1.54, 1.807) is 58.0 Å². The Morgan fingerprint density at radius 2 is 0.897 bits per heavy atom. The van der Waals surface area contributed by atoms with Gasteiger partial charge >= 0.3 is 5.97 Å². The molecular formula is C45H66N10O13. The molecule has 0 radical (unpaired) electrons. The van der Waals surface area contributed by atoms with Gasteiger partial charge in [0.15, 0.2) is 0 Å². The number of aliphatic carboxylic acids is 1. The molecule has 16 N–H and O–H groups in total. The standard InChI is InChI=1S/C45H66N10O13/c1-22(2)16-30(51-41(63)33(20-35(47)58)50-38(60)29(46)18-26-10-8-7-9-11-26)39(61)53-32(19-27-12-14-28(57)15-13-27)40(62)54-34(21-36(48)59)42(64)52-31(17-23(3)4)43(65)55-37(25(6)56)44(66)49-24(5)45(67)68/h7-15,22-25,29-34,37,56-57H,16-21,46H2,1-6H3,(H2,47,58)(H2,48,59)(H,49,66)(H,50,60)(H,51,63)(H,52,64)(H,53,61)(H,54,62)(H,55,65)(H,67,68)/t24-,25+,29-,30-,31-,32-,33-,34-,37-/m0/s1. The van der Waals surface area contributed by atoms with Crippen LogP contribution in [0.1, 0.15) is 78.4 Å². The Hall–Kier alpha value is -7.14. The van der Waals surface area contributed by atoms with Crippen molar-refractivity contribution >= 4 is 59.1 Å². The molecule has 23 nitrogen and oxygen atoms in total. The van der Waals surface area contributed by atoms with Gasteiger partial charge < -0.3 is 69.7 Å². The number of carboxylic acids is 1. The van der Waals surface area contributed by atoms with Crippen LogP contribution in [0.4, 0.5) is 0 Å². The van der Waals surface area contributed by atoms with Gasteiger partial charge in [0.05, 0.1) is 25.0 Å². The fourth-order valence-corrected chi connectivity index (χ4v) is 6.66. The average molecular weight is 955 g/mol. The van der Waals surface area contributed by atoms with E-state index in [2.05, 4.69) is 37.2 Å². The number of primary amides is 2. The van der Waals surface area contributed by atoms with Crippen molar-refractivity contribution in [1.29, 1.82) is 0 Å². The van der Waals surface area contributed by atoms with Gasteiger partial charge in [0.2, 0.25) is 53.2 Å². The van der Waals surface area contributed by atoms with Gasteiger partial charge in [-0.05, 0) is 68.2 Å². The highest BCUT2D eigenvalue weighted by Crippen LogP contribution is 2.14. The monoisotopic (exact) mass is 954 g/mol. The molecule has 0 aromatic heterocycles. The number of amides is 9. The van der Waals surface area contributed by atoms with Crippen molar-refractivity contribution in [3.63, 3.8) is 0 Å². The molecule has 0 fully saturated rings. The van der Waals surface area contributed by atoms with Crippen LogP contribution in [0.25, 0.3) is 0 Å². The van der Waals surface area contributed by atoms with E-state index in [1.807, 2.05) is 0 Å². The summed E-state index contributed by atoms with van der Waals surface area (Å²) in [5, 5.41) is 46.2. The Balaban J connectivity index is 2.44. The topological polar surface area (TPSA) is 394 Å². The second-order valence-electron chi connectivity index (χ2n) is 17.4. The molecule has 374 valence electrons.